The molecule has 3 rings (SSSR count). The van der Waals surface area contributed by atoms with Crippen molar-refractivity contribution in [3.8, 4) is 0 Å². The molecule has 1 atom stereocenters. The van der Waals surface area contributed by atoms with Crippen molar-refractivity contribution in [3.05, 3.63) is 65.2 Å². The highest BCUT2D eigenvalue weighted by molar-refractivity contribution is 5.98. The molecule has 4 nitrogen and oxygen atoms in total. The number of hydrogen-bond donors (Lipinski definition) is 1. The van der Waals surface area contributed by atoms with Gasteiger partial charge >= 0.3 is 0 Å². The fourth-order valence-corrected chi connectivity index (χ4v) is 2.36. The Hall–Kier alpha value is -2.49. The lowest BCUT2D eigenvalue weighted by atomic mass is 9.92. The standard InChI is InChI=1S/C15H13N3O/c16-12-8-4-7-11-14(12)13(17-18-15(11)19)9-10-5-2-1-3-6-10/h1-8,13H,9,16H2. The van der Waals surface area contributed by atoms with Crippen molar-refractivity contribution in [3.63, 3.8) is 0 Å². The van der Waals surface area contributed by atoms with Crippen LogP contribution in [0.2, 0.25) is 0 Å². The maximum absolute atomic E-state index is 11.7. The van der Waals surface area contributed by atoms with Crippen LogP contribution in [0.3, 0.4) is 0 Å². The van der Waals surface area contributed by atoms with Crippen LogP contribution in [0, 0.1) is 0 Å². The summed E-state index contributed by atoms with van der Waals surface area (Å²) >= 11 is 0. The smallest absolute Gasteiger partial charge is 0.295 e. The number of hydrogen-bond acceptors (Lipinski definition) is 3. The number of carbonyl (C=O) groups is 1. The summed E-state index contributed by atoms with van der Waals surface area (Å²) in [5, 5.41) is 7.82. The van der Waals surface area contributed by atoms with Gasteiger partial charge in [-0.3, -0.25) is 4.79 Å². The average Bonchev–Trinajstić information content (AvgIpc) is 2.43. The third-order valence-electron chi connectivity index (χ3n) is 3.26. The number of amides is 1. The van der Waals surface area contributed by atoms with Crippen LogP contribution in [-0.2, 0) is 6.42 Å². The van der Waals surface area contributed by atoms with Gasteiger partial charge in [0, 0.05) is 17.7 Å². The number of nitrogens with zero attached hydrogens (tertiary/aromatic N) is 2. The summed E-state index contributed by atoms with van der Waals surface area (Å²) in [5.41, 5.74) is 9.11. The fourth-order valence-electron chi connectivity index (χ4n) is 2.36. The molecule has 1 aliphatic heterocycles. The second kappa shape index (κ2) is 4.65. The van der Waals surface area contributed by atoms with Crippen LogP contribution in [-0.4, -0.2) is 5.91 Å². The van der Waals surface area contributed by atoms with Crippen LogP contribution in [0.25, 0.3) is 0 Å². The molecule has 19 heavy (non-hydrogen) atoms. The van der Waals surface area contributed by atoms with Crippen LogP contribution < -0.4 is 5.73 Å². The van der Waals surface area contributed by atoms with Crippen LogP contribution in [0.15, 0.2) is 58.8 Å². The first-order valence-electron chi connectivity index (χ1n) is 6.13. The maximum Gasteiger partial charge on any atom is 0.295 e. The van der Waals surface area contributed by atoms with E-state index in [9.17, 15) is 4.79 Å². The van der Waals surface area contributed by atoms with E-state index in [4.69, 9.17) is 5.73 Å². The largest absolute Gasteiger partial charge is 0.398 e. The van der Waals surface area contributed by atoms with Crippen molar-refractivity contribution < 1.29 is 4.79 Å². The van der Waals surface area contributed by atoms with Gasteiger partial charge < -0.3 is 5.73 Å². The number of fused-ring (bicyclic) bond motifs is 1. The van der Waals surface area contributed by atoms with E-state index in [2.05, 4.69) is 10.2 Å². The molecule has 0 aromatic heterocycles. The summed E-state index contributed by atoms with van der Waals surface area (Å²) in [5.74, 6) is -0.313. The van der Waals surface area contributed by atoms with Gasteiger partial charge in [-0.25, -0.2) is 0 Å². The molecule has 1 heterocycles. The van der Waals surface area contributed by atoms with Gasteiger partial charge in [0.25, 0.3) is 5.91 Å². The molecule has 2 aromatic carbocycles. The number of benzene rings is 2. The molecule has 94 valence electrons. The van der Waals surface area contributed by atoms with E-state index in [1.54, 1.807) is 18.2 Å². The van der Waals surface area contributed by atoms with Crippen molar-refractivity contribution in [2.24, 2.45) is 10.2 Å². The number of nitrogen functional groups attached to an aromatic ring is 1. The highest BCUT2D eigenvalue weighted by Crippen LogP contribution is 2.34. The zero-order chi connectivity index (χ0) is 13.2. The van der Waals surface area contributed by atoms with Crippen molar-refractivity contribution in [2.75, 3.05) is 5.73 Å². The Kier molecular flexibility index (Phi) is 2.83. The second-order valence-electron chi connectivity index (χ2n) is 4.53. The van der Waals surface area contributed by atoms with Crippen LogP contribution >= 0.6 is 0 Å². The number of azo groups is 1. The summed E-state index contributed by atoms with van der Waals surface area (Å²) in [6.45, 7) is 0. The number of carbonyl (C=O) groups excluding carboxylic acids is 1. The Bertz CT molecular complexity index is 650. The fraction of sp³-hybridized carbons (Fsp3) is 0.133. The molecule has 4 heteroatoms. The maximum atomic E-state index is 11.7. The molecule has 2 aromatic rings. The molecule has 0 bridgehead atoms. The lowest BCUT2D eigenvalue weighted by Crippen LogP contribution is -2.14. The third kappa shape index (κ3) is 2.12. The van der Waals surface area contributed by atoms with E-state index in [-0.39, 0.29) is 11.9 Å². The molecule has 0 saturated heterocycles. The van der Waals surface area contributed by atoms with E-state index in [0.29, 0.717) is 17.7 Å². The van der Waals surface area contributed by atoms with Gasteiger partial charge in [0.05, 0.1) is 5.56 Å². The molecular formula is C15H13N3O. The number of rotatable bonds is 2. The van der Waals surface area contributed by atoms with Crippen molar-refractivity contribution in [1.82, 2.24) is 0 Å². The third-order valence-corrected chi connectivity index (χ3v) is 3.26. The lowest BCUT2D eigenvalue weighted by Gasteiger charge is -2.20. The summed E-state index contributed by atoms with van der Waals surface area (Å²) in [6, 6.07) is 15.1. The van der Waals surface area contributed by atoms with Gasteiger partial charge in [0.1, 0.15) is 6.04 Å². The zero-order valence-corrected chi connectivity index (χ0v) is 10.3. The first-order valence-corrected chi connectivity index (χ1v) is 6.13. The van der Waals surface area contributed by atoms with Gasteiger partial charge in [0.2, 0.25) is 0 Å². The molecule has 0 fully saturated rings. The highest BCUT2D eigenvalue weighted by Gasteiger charge is 2.25. The monoisotopic (exact) mass is 251 g/mol. The van der Waals surface area contributed by atoms with Gasteiger partial charge in [-0.2, -0.15) is 5.11 Å². The number of nitrogens with two attached hydrogens (primary N) is 1. The Morgan fingerprint density at radius 1 is 1.05 bits per heavy atom. The second-order valence-corrected chi connectivity index (χ2v) is 4.53. The van der Waals surface area contributed by atoms with E-state index >= 15 is 0 Å². The summed E-state index contributed by atoms with van der Waals surface area (Å²) < 4.78 is 0. The Morgan fingerprint density at radius 3 is 2.63 bits per heavy atom. The highest BCUT2D eigenvalue weighted by atomic mass is 16.1. The Labute approximate surface area is 111 Å². The molecule has 0 radical (unpaired) electrons. The van der Waals surface area contributed by atoms with Crippen molar-refractivity contribution >= 4 is 11.6 Å². The minimum Gasteiger partial charge on any atom is -0.398 e. The van der Waals surface area contributed by atoms with E-state index in [0.717, 1.165) is 11.1 Å². The Balaban J connectivity index is 2.01. The topological polar surface area (TPSA) is 67.8 Å². The lowest BCUT2D eigenvalue weighted by molar-refractivity contribution is 0.0984. The van der Waals surface area contributed by atoms with Gasteiger partial charge in [-0.05, 0) is 17.7 Å². The van der Waals surface area contributed by atoms with Crippen LogP contribution in [0.5, 0.6) is 0 Å². The average molecular weight is 251 g/mol. The normalized spacial score (nSPS) is 17.3. The van der Waals surface area contributed by atoms with E-state index < -0.39 is 0 Å². The zero-order valence-electron chi connectivity index (χ0n) is 10.3. The molecule has 2 N–H and O–H groups in total. The van der Waals surface area contributed by atoms with Crippen LogP contribution in [0.1, 0.15) is 27.5 Å². The minimum absolute atomic E-state index is 0.184. The molecule has 1 unspecified atom stereocenters. The predicted octanol–water partition coefficient (Wildman–Crippen LogP) is 3.16. The predicted molar refractivity (Wildman–Crippen MR) is 72.9 cm³/mol. The van der Waals surface area contributed by atoms with Gasteiger partial charge in [-0.15, -0.1) is 5.11 Å². The van der Waals surface area contributed by atoms with E-state index in [1.165, 1.54) is 0 Å². The van der Waals surface area contributed by atoms with Crippen molar-refractivity contribution in [2.45, 2.75) is 12.5 Å². The molecule has 0 aliphatic carbocycles. The van der Waals surface area contributed by atoms with Crippen LogP contribution in [0.4, 0.5) is 5.69 Å². The van der Waals surface area contributed by atoms with E-state index in [1.807, 2.05) is 30.3 Å². The summed E-state index contributed by atoms with van der Waals surface area (Å²) in [4.78, 5) is 11.7. The summed E-state index contributed by atoms with van der Waals surface area (Å²) in [7, 11) is 0. The molecule has 0 spiro atoms. The number of anilines is 1. The van der Waals surface area contributed by atoms with Gasteiger partial charge in [-0.1, -0.05) is 36.4 Å². The molecular weight excluding hydrogens is 238 g/mol. The first kappa shape index (κ1) is 11.6. The first-order chi connectivity index (χ1) is 9.25. The summed E-state index contributed by atoms with van der Waals surface area (Å²) in [6.07, 6.45) is 0.693. The van der Waals surface area contributed by atoms with Crippen molar-refractivity contribution in [1.29, 1.82) is 0 Å². The quantitative estimate of drug-likeness (QED) is 0.833. The Morgan fingerprint density at radius 2 is 1.84 bits per heavy atom. The minimum atomic E-state index is -0.313. The molecule has 1 amide bonds. The van der Waals surface area contributed by atoms with Gasteiger partial charge in [0.15, 0.2) is 0 Å². The SMILES string of the molecule is Nc1cccc2c1C(Cc1ccccc1)N=NC2=O. The molecule has 1 aliphatic rings. The molecule has 0 saturated carbocycles.